The van der Waals surface area contributed by atoms with E-state index in [1.807, 2.05) is 6.92 Å². The highest BCUT2D eigenvalue weighted by atomic mass is 16.5. The third-order valence-corrected chi connectivity index (χ3v) is 2.32. The van der Waals surface area contributed by atoms with E-state index in [4.69, 9.17) is 10.5 Å². The van der Waals surface area contributed by atoms with Crippen LogP contribution in [-0.2, 0) is 9.53 Å². The molecule has 0 aromatic heterocycles. The first-order valence-corrected chi connectivity index (χ1v) is 4.85. The Morgan fingerprint density at radius 2 is 2.23 bits per heavy atom. The maximum atomic E-state index is 11.5. The quantitative estimate of drug-likeness (QED) is 0.603. The third-order valence-electron chi connectivity index (χ3n) is 2.32. The van der Waals surface area contributed by atoms with Crippen molar-refractivity contribution in [1.82, 2.24) is 5.32 Å². The summed E-state index contributed by atoms with van der Waals surface area (Å²) >= 11 is 0. The highest BCUT2D eigenvalue weighted by Crippen LogP contribution is 2.13. The van der Waals surface area contributed by atoms with Gasteiger partial charge in [0.1, 0.15) is 6.10 Å². The molecule has 4 heteroatoms. The molecule has 13 heavy (non-hydrogen) atoms. The van der Waals surface area contributed by atoms with Gasteiger partial charge in [0.25, 0.3) is 0 Å². The summed E-state index contributed by atoms with van der Waals surface area (Å²) in [4.78, 5) is 11.5. The van der Waals surface area contributed by atoms with Crippen molar-refractivity contribution < 1.29 is 9.53 Å². The molecule has 1 heterocycles. The number of hydrogen-bond donors (Lipinski definition) is 2. The van der Waals surface area contributed by atoms with E-state index in [0.29, 0.717) is 6.54 Å². The molecule has 1 saturated heterocycles. The van der Waals surface area contributed by atoms with Crippen LogP contribution in [0.3, 0.4) is 0 Å². The number of ether oxygens (including phenoxy) is 1. The highest BCUT2D eigenvalue weighted by Gasteiger charge is 2.23. The van der Waals surface area contributed by atoms with Crippen LogP contribution in [0.5, 0.6) is 0 Å². The van der Waals surface area contributed by atoms with E-state index < -0.39 is 0 Å². The number of carbonyl (C=O) groups is 1. The van der Waals surface area contributed by atoms with E-state index in [1.54, 1.807) is 0 Å². The number of nitrogens with two attached hydrogens (primary N) is 1. The normalized spacial score (nSPS) is 21.1. The second-order valence-corrected chi connectivity index (χ2v) is 3.51. The molecule has 1 aliphatic heterocycles. The van der Waals surface area contributed by atoms with Gasteiger partial charge in [0.2, 0.25) is 0 Å². The van der Waals surface area contributed by atoms with E-state index >= 15 is 0 Å². The average Bonchev–Trinajstić information content (AvgIpc) is 2.19. The molecule has 1 aliphatic rings. The average molecular weight is 186 g/mol. The van der Waals surface area contributed by atoms with Gasteiger partial charge in [0.15, 0.2) is 0 Å². The molecule has 0 spiro atoms. The van der Waals surface area contributed by atoms with Gasteiger partial charge in [-0.05, 0) is 32.9 Å². The van der Waals surface area contributed by atoms with Crippen LogP contribution in [0.1, 0.15) is 19.8 Å². The number of rotatable bonds is 3. The summed E-state index contributed by atoms with van der Waals surface area (Å²) in [5.41, 5.74) is 5.36. The van der Waals surface area contributed by atoms with Crippen molar-refractivity contribution in [2.75, 3.05) is 19.6 Å². The maximum absolute atomic E-state index is 11.5. The van der Waals surface area contributed by atoms with Crippen LogP contribution in [-0.4, -0.2) is 31.7 Å². The van der Waals surface area contributed by atoms with Gasteiger partial charge >= 0.3 is 5.97 Å². The van der Waals surface area contributed by atoms with Crippen LogP contribution in [0.15, 0.2) is 0 Å². The monoisotopic (exact) mass is 186 g/mol. The van der Waals surface area contributed by atoms with E-state index in [2.05, 4.69) is 5.32 Å². The Morgan fingerprint density at radius 1 is 1.62 bits per heavy atom. The summed E-state index contributed by atoms with van der Waals surface area (Å²) in [6, 6.07) is 0. The van der Waals surface area contributed by atoms with Crippen molar-refractivity contribution in [2.45, 2.75) is 25.9 Å². The first kappa shape index (κ1) is 10.5. The van der Waals surface area contributed by atoms with E-state index in [1.165, 1.54) is 0 Å². The molecule has 0 aromatic rings. The fraction of sp³-hybridized carbons (Fsp3) is 0.889. The smallest absolute Gasteiger partial charge is 0.309 e. The molecular weight excluding hydrogens is 168 g/mol. The minimum Gasteiger partial charge on any atom is -0.461 e. The zero-order chi connectivity index (χ0) is 9.68. The molecule has 1 atom stereocenters. The summed E-state index contributed by atoms with van der Waals surface area (Å²) in [7, 11) is 0. The molecule has 0 saturated carbocycles. The zero-order valence-electron chi connectivity index (χ0n) is 8.08. The number of hydrogen-bond acceptors (Lipinski definition) is 4. The fourth-order valence-corrected chi connectivity index (χ4v) is 1.40. The lowest BCUT2D eigenvalue weighted by molar-refractivity contribution is -0.153. The Labute approximate surface area is 78.8 Å². The second kappa shape index (κ2) is 5.19. The first-order chi connectivity index (χ1) is 6.24. The van der Waals surface area contributed by atoms with Gasteiger partial charge in [-0.15, -0.1) is 0 Å². The molecule has 3 N–H and O–H groups in total. The molecule has 0 unspecified atom stereocenters. The number of esters is 1. The van der Waals surface area contributed by atoms with Gasteiger partial charge in [-0.3, -0.25) is 4.79 Å². The molecule has 0 radical (unpaired) electrons. The van der Waals surface area contributed by atoms with Crippen molar-refractivity contribution in [3.8, 4) is 0 Å². The maximum Gasteiger partial charge on any atom is 0.309 e. The Morgan fingerprint density at radius 3 is 2.77 bits per heavy atom. The van der Waals surface area contributed by atoms with Crippen LogP contribution >= 0.6 is 0 Å². The highest BCUT2D eigenvalue weighted by molar-refractivity contribution is 5.72. The summed E-state index contributed by atoms with van der Waals surface area (Å²) in [6.45, 7) is 4.04. The molecule has 4 nitrogen and oxygen atoms in total. The van der Waals surface area contributed by atoms with E-state index in [9.17, 15) is 4.79 Å². The number of nitrogens with one attached hydrogen (secondary N) is 1. The Bertz CT molecular complexity index is 167. The van der Waals surface area contributed by atoms with Crippen LogP contribution < -0.4 is 11.1 Å². The van der Waals surface area contributed by atoms with Gasteiger partial charge in [-0.2, -0.15) is 0 Å². The van der Waals surface area contributed by atoms with Crippen LogP contribution in [0.2, 0.25) is 0 Å². The minimum atomic E-state index is -0.151. The van der Waals surface area contributed by atoms with Gasteiger partial charge in [-0.25, -0.2) is 0 Å². The van der Waals surface area contributed by atoms with E-state index in [0.717, 1.165) is 25.9 Å². The molecule has 0 aliphatic carbocycles. The minimum absolute atomic E-state index is 0.0789. The van der Waals surface area contributed by atoms with Gasteiger partial charge in [0, 0.05) is 6.54 Å². The molecule has 0 aromatic carbocycles. The Kier molecular flexibility index (Phi) is 4.18. The van der Waals surface area contributed by atoms with E-state index in [-0.39, 0.29) is 18.0 Å². The van der Waals surface area contributed by atoms with Gasteiger partial charge in [-0.1, -0.05) is 0 Å². The summed E-state index contributed by atoms with van der Waals surface area (Å²) in [5, 5.41) is 3.20. The lowest BCUT2D eigenvalue weighted by Crippen LogP contribution is -2.35. The second-order valence-electron chi connectivity index (χ2n) is 3.51. The zero-order valence-corrected chi connectivity index (χ0v) is 8.08. The Balaban J connectivity index is 2.29. The SMILES string of the molecule is C[C@H](CN)OC(=O)C1CCNCC1. The molecule has 0 bridgehead atoms. The fourth-order valence-electron chi connectivity index (χ4n) is 1.40. The summed E-state index contributed by atoms with van der Waals surface area (Å²) < 4.78 is 5.15. The third kappa shape index (κ3) is 3.32. The summed E-state index contributed by atoms with van der Waals surface area (Å²) in [5.74, 6) is -0.00491. The number of piperidine rings is 1. The predicted molar refractivity (Wildman–Crippen MR) is 50.2 cm³/mol. The summed E-state index contributed by atoms with van der Waals surface area (Å²) in [6.07, 6.45) is 1.62. The Hall–Kier alpha value is -0.610. The molecule has 1 rings (SSSR count). The topological polar surface area (TPSA) is 64.3 Å². The van der Waals surface area contributed by atoms with Crippen molar-refractivity contribution >= 4 is 5.97 Å². The predicted octanol–water partition coefficient (Wildman–Crippen LogP) is -0.124. The lowest BCUT2D eigenvalue weighted by Gasteiger charge is -2.22. The lowest BCUT2D eigenvalue weighted by atomic mass is 9.98. The molecule has 76 valence electrons. The largest absolute Gasteiger partial charge is 0.461 e. The van der Waals surface area contributed by atoms with Crippen LogP contribution in [0.4, 0.5) is 0 Å². The van der Waals surface area contributed by atoms with Crippen molar-refractivity contribution in [2.24, 2.45) is 11.7 Å². The number of carbonyl (C=O) groups excluding carboxylic acids is 1. The molecule has 1 fully saturated rings. The van der Waals surface area contributed by atoms with Crippen LogP contribution in [0, 0.1) is 5.92 Å². The molecular formula is C9H18N2O2. The standard InChI is InChI=1S/C9H18N2O2/c1-7(6-10)13-9(12)8-2-4-11-5-3-8/h7-8,11H,2-6,10H2,1H3/t7-/m1/s1. The first-order valence-electron chi connectivity index (χ1n) is 4.85. The van der Waals surface area contributed by atoms with Crippen molar-refractivity contribution in [3.63, 3.8) is 0 Å². The molecule has 0 amide bonds. The van der Waals surface area contributed by atoms with Crippen LogP contribution in [0.25, 0.3) is 0 Å². The van der Waals surface area contributed by atoms with Gasteiger partial charge < -0.3 is 15.8 Å². The van der Waals surface area contributed by atoms with Crippen molar-refractivity contribution in [1.29, 1.82) is 0 Å². The van der Waals surface area contributed by atoms with Gasteiger partial charge in [0.05, 0.1) is 5.92 Å². The van der Waals surface area contributed by atoms with Crippen molar-refractivity contribution in [3.05, 3.63) is 0 Å².